The van der Waals surface area contributed by atoms with Crippen molar-refractivity contribution in [2.75, 3.05) is 6.61 Å². The van der Waals surface area contributed by atoms with E-state index in [1.165, 1.54) is 0 Å². The Kier molecular flexibility index (Phi) is 5.09. The van der Waals surface area contributed by atoms with Crippen molar-refractivity contribution in [3.05, 3.63) is 23.8 Å². The van der Waals surface area contributed by atoms with Gasteiger partial charge in [0.25, 0.3) is 0 Å². The van der Waals surface area contributed by atoms with Crippen molar-refractivity contribution < 1.29 is 29.3 Å². The van der Waals surface area contributed by atoms with Crippen LogP contribution in [0.25, 0.3) is 0 Å². The SMILES string of the molecule is CCC(=O)OCC(=O)[C@@]1(O)CC[C@H]2[C@@H]3CCC4=CC(=O)C=C[C@]4(C)C3[C@@H](O)C[C@@]21C. The van der Waals surface area contributed by atoms with E-state index in [-0.39, 0.29) is 35.4 Å². The molecule has 4 aliphatic carbocycles. The Morgan fingerprint density at radius 3 is 2.70 bits per heavy atom. The number of Topliss-reactive ketones (excluding diaryl/α,β-unsaturated/α-hetero) is 1. The maximum absolute atomic E-state index is 13.0. The molecular formula is C24H32O6. The second kappa shape index (κ2) is 7.13. The second-order valence-electron chi connectivity index (χ2n) is 10.0. The molecule has 0 heterocycles. The highest BCUT2D eigenvalue weighted by Gasteiger charge is 2.68. The van der Waals surface area contributed by atoms with Crippen molar-refractivity contribution in [1.29, 1.82) is 0 Å². The van der Waals surface area contributed by atoms with Gasteiger partial charge in [-0.2, -0.15) is 0 Å². The summed E-state index contributed by atoms with van der Waals surface area (Å²) in [5.74, 6) is -0.738. The number of hydrogen-bond donors (Lipinski definition) is 2. The van der Waals surface area contributed by atoms with E-state index in [1.54, 1.807) is 19.1 Å². The van der Waals surface area contributed by atoms with Crippen LogP contribution < -0.4 is 0 Å². The fourth-order valence-corrected chi connectivity index (χ4v) is 7.16. The third-order valence-electron chi connectivity index (χ3n) is 8.76. The molecule has 0 amide bonds. The Hall–Kier alpha value is -1.79. The van der Waals surface area contributed by atoms with Crippen LogP contribution in [0.2, 0.25) is 0 Å². The Morgan fingerprint density at radius 1 is 1.27 bits per heavy atom. The monoisotopic (exact) mass is 416 g/mol. The molecule has 0 spiro atoms. The van der Waals surface area contributed by atoms with Crippen LogP contribution in [0.3, 0.4) is 0 Å². The van der Waals surface area contributed by atoms with Gasteiger partial charge in [-0.25, -0.2) is 0 Å². The third kappa shape index (κ3) is 2.87. The van der Waals surface area contributed by atoms with Crippen LogP contribution >= 0.6 is 0 Å². The molecule has 4 aliphatic rings. The Bertz CT molecular complexity index is 843. The van der Waals surface area contributed by atoms with Gasteiger partial charge in [-0.3, -0.25) is 14.4 Å². The van der Waals surface area contributed by atoms with Gasteiger partial charge in [0.1, 0.15) is 5.60 Å². The number of carbonyl (C=O) groups excluding carboxylic acids is 3. The fraction of sp³-hybridized carbons (Fsp3) is 0.708. The van der Waals surface area contributed by atoms with Gasteiger partial charge in [-0.05, 0) is 56.1 Å². The third-order valence-corrected chi connectivity index (χ3v) is 8.76. The van der Waals surface area contributed by atoms with E-state index in [0.717, 1.165) is 18.4 Å². The van der Waals surface area contributed by atoms with Crippen molar-refractivity contribution >= 4 is 17.5 Å². The molecule has 6 heteroatoms. The number of esters is 1. The van der Waals surface area contributed by atoms with Crippen LogP contribution in [-0.2, 0) is 19.1 Å². The Balaban J connectivity index is 1.63. The molecular weight excluding hydrogens is 384 g/mol. The average molecular weight is 417 g/mol. The number of rotatable bonds is 4. The van der Waals surface area contributed by atoms with Gasteiger partial charge >= 0.3 is 5.97 Å². The molecule has 2 N–H and O–H groups in total. The van der Waals surface area contributed by atoms with Crippen molar-refractivity contribution in [2.24, 2.45) is 28.6 Å². The highest BCUT2D eigenvalue weighted by molar-refractivity contribution is 6.01. The number of fused-ring (bicyclic) bond motifs is 5. The first-order valence-electron chi connectivity index (χ1n) is 11.1. The van der Waals surface area contributed by atoms with Crippen LogP contribution in [-0.4, -0.2) is 46.1 Å². The molecule has 7 atom stereocenters. The van der Waals surface area contributed by atoms with Crippen LogP contribution in [0.15, 0.2) is 23.8 Å². The summed E-state index contributed by atoms with van der Waals surface area (Å²) in [6.07, 6.45) is 7.70. The number of ether oxygens (including phenoxy) is 1. The lowest BCUT2D eigenvalue weighted by Gasteiger charge is -2.59. The lowest BCUT2D eigenvalue weighted by atomic mass is 9.46. The second-order valence-corrected chi connectivity index (χ2v) is 10.0. The smallest absolute Gasteiger partial charge is 0.305 e. The van der Waals surface area contributed by atoms with Crippen molar-refractivity contribution in [3.63, 3.8) is 0 Å². The fourth-order valence-electron chi connectivity index (χ4n) is 7.16. The molecule has 0 saturated heterocycles. The number of ketones is 2. The topological polar surface area (TPSA) is 101 Å². The molecule has 4 rings (SSSR count). The Labute approximate surface area is 177 Å². The zero-order chi connectivity index (χ0) is 21.9. The van der Waals surface area contributed by atoms with E-state index in [1.807, 2.05) is 13.0 Å². The number of aliphatic hydroxyl groups is 2. The summed E-state index contributed by atoms with van der Waals surface area (Å²) >= 11 is 0. The van der Waals surface area contributed by atoms with Crippen LogP contribution in [0.5, 0.6) is 0 Å². The van der Waals surface area contributed by atoms with Crippen molar-refractivity contribution in [1.82, 2.24) is 0 Å². The molecule has 0 aliphatic heterocycles. The normalized spacial score (nSPS) is 44.6. The molecule has 0 aromatic carbocycles. The minimum Gasteiger partial charge on any atom is -0.458 e. The van der Waals surface area contributed by atoms with E-state index in [9.17, 15) is 24.6 Å². The molecule has 0 aromatic heterocycles. The summed E-state index contributed by atoms with van der Waals surface area (Å²) < 4.78 is 5.03. The lowest BCUT2D eigenvalue weighted by molar-refractivity contribution is -0.181. The first kappa shape index (κ1) is 21.4. The van der Waals surface area contributed by atoms with Crippen LogP contribution in [0.1, 0.15) is 59.3 Å². The zero-order valence-corrected chi connectivity index (χ0v) is 18.0. The van der Waals surface area contributed by atoms with Gasteiger partial charge in [-0.15, -0.1) is 0 Å². The molecule has 30 heavy (non-hydrogen) atoms. The number of allylic oxidation sites excluding steroid dienone is 4. The van der Waals surface area contributed by atoms with Gasteiger partial charge in [0.2, 0.25) is 5.78 Å². The number of carbonyl (C=O) groups is 3. The molecule has 0 aromatic rings. The lowest BCUT2D eigenvalue weighted by Crippen LogP contribution is -2.61. The van der Waals surface area contributed by atoms with Crippen LogP contribution in [0, 0.1) is 28.6 Å². The summed E-state index contributed by atoms with van der Waals surface area (Å²) in [7, 11) is 0. The van der Waals surface area contributed by atoms with Crippen LogP contribution in [0.4, 0.5) is 0 Å². The summed E-state index contributed by atoms with van der Waals surface area (Å²) in [6.45, 7) is 5.25. The first-order chi connectivity index (χ1) is 14.1. The Morgan fingerprint density at radius 2 is 2.00 bits per heavy atom. The maximum atomic E-state index is 13.0. The molecule has 0 radical (unpaired) electrons. The predicted molar refractivity (Wildman–Crippen MR) is 109 cm³/mol. The van der Waals surface area contributed by atoms with E-state index < -0.39 is 35.5 Å². The van der Waals surface area contributed by atoms with Gasteiger partial charge in [0, 0.05) is 23.2 Å². The molecule has 1 unspecified atom stereocenters. The van der Waals surface area contributed by atoms with Crippen molar-refractivity contribution in [3.8, 4) is 0 Å². The zero-order valence-electron chi connectivity index (χ0n) is 18.0. The summed E-state index contributed by atoms with van der Waals surface area (Å²) in [5.41, 5.74) is -1.67. The minimum atomic E-state index is -1.60. The standard InChI is InChI=1S/C24H32O6/c1-4-20(28)30-13-19(27)24(29)10-8-17-16-6-5-14-11-15(25)7-9-22(14,2)21(16)18(26)12-23(17,24)3/h7,9,11,16-18,21,26,29H,4-6,8,10,12-13H2,1-3H3/t16-,17-,18-,21?,22-,23-,24-/m0/s1. The van der Waals surface area contributed by atoms with Gasteiger partial charge < -0.3 is 14.9 Å². The summed E-state index contributed by atoms with van der Waals surface area (Å²) in [4.78, 5) is 36.4. The largest absolute Gasteiger partial charge is 0.458 e. The molecule has 6 nitrogen and oxygen atoms in total. The van der Waals surface area contributed by atoms with E-state index in [0.29, 0.717) is 19.3 Å². The van der Waals surface area contributed by atoms with E-state index in [4.69, 9.17) is 4.74 Å². The maximum Gasteiger partial charge on any atom is 0.305 e. The van der Waals surface area contributed by atoms with E-state index >= 15 is 0 Å². The molecule has 3 saturated carbocycles. The minimum absolute atomic E-state index is 0.00136. The molecule has 164 valence electrons. The first-order valence-corrected chi connectivity index (χ1v) is 11.1. The molecule has 3 fully saturated rings. The highest BCUT2D eigenvalue weighted by atomic mass is 16.5. The predicted octanol–water partition coefficient (Wildman–Crippen LogP) is 2.52. The molecule has 0 bridgehead atoms. The van der Waals surface area contributed by atoms with Crippen molar-refractivity contribution in [2.45, 2.75) is 71.0 Å². The van der Waals surface area contributed by atoms with Gasteiger partial charge in [-0.1, -0.05) is 32.4 Å². The van der Waals surface area contributed by atoms with Gasteiger partial charge in [0.05, 0.1) is 6.10 Å². The number of aliphatic hydroxyl groups excluding tert-OH is 1. The summed E-state index contributed by atoms with van der Waals surface area (Å²) in [5, 5.41) is 22.8. The quantitative estimate of drug-likeness (QED) is 0.683. The number of hydrogen-bond acceptors (Lipinski definition) is 6. The summed E-state index contributed by atoms with van der Waals surface area (Å²) in [6, 6.07) is 0. The van der Waals surface area contributed by atoms with E-state index in [2.05, 4.69) is 6.92 Å². The average Bonchev–Trinajstić information content (AvgIpc) is 2.97. The van der Waals surface area contributed by atoms with Gasteiger partial charge in [0.15, 0.2) is 12.4 Å². The highest BCUT2D eigenvalue weighted by Crippen LogP contribution is 2.67.